The lowest BCUT2D eigenvalue weighted by Crippen LogP contribution is -2.49. The summed E-state index contributed by atoms with van der Waals surface area (Å²) in [5, 5.41) is 20.8. The van der Waals surface area contributed by atoms with E-state index in [1.54, 1.807) is 13.8 Å². The van der Waals surface area contributed by atoms with Crippen LogP contribution in [0.15, 0.2) is 0 Å². The van der Waals surface area contributed by atoms with E-state index in [0.717, 1.165) is 0 Å². The zero-order chi connectivity index (χ0) is 11.9. The monoisotopic (exact) mass is 239 g/mol. The van der Waals surface area contributed by atoms with Crippen molar-refractivity contribution in [2.45, 2.75) is 25.8 Å². The van der Waals surface area contributed by atoms with Crippen LogP contribution in [0, 0.1) is 0 Å². The van der Waals surface area contributed by atoms with Gasteiger partial charge in [-0.2, -0.15) is 0 Å². The van der Waals surface area contributed by atoms with Crippen LogP contribution < -0.4 is 5.32 Å². The molecule has 92 valence electrons. The van der Waals surface area contributed by atoms with Gasteiger partial charge in [-0.05, 0) is 19.9 Å². The van der Waals surface area contributed by atoms with Crippen molar-refractivity contribution in [3.8, 4) is 0 Å². The largest absolute Gasteiger partial charge is 0.394 e. The van der Waals surface area contributed by atoms with E-state index in [2.05, 4.69) is 5.32 Å². The summed E-state index contributed by atoms with van der Waals surface area (Å²) in [6.07, 6.45) is 0.492. The zero-order valence-electron chi connectivity index (χ0n) is 9.36. The van der Waals surface area contributed by atoms with Crippen molar-refractivity contribution < 1.29 is 18.6 Å². The highest BCUT2D eigenvalue weighted by Gasteiger charge is 2.20. The molecule has 0 aliphatic heterocycles. The zero-order valence-corrected chi connectivity index (χ0v) is 10.2. The topological polar surface area (TPSA) is 86.6 Å². The van der Waals surface area contributed by atoms with E-state index in [1.165, 1.54) is 0 Å². The maximum absolute atomic E-state index is 11.1. The minimum Gasteiger partial charge on any atom is -0.394 e. The molecule has 0 rings (SSSR count). The highest BCUT2D eigenvalue weighted by Crippen LogP contribution is 2.01. The number of hydrogen-bond donors (Lipinski definition) is 3. The van der Waals surface area contributed by atoms with Crippen LogP contribution in [0.4, 0.5) is 0 Å². The third-order valence-corrected chi connectivity index (χ3v) is 4.11. The standard InChI is InChI=1S/C9H21NO4S/c1-3-15(13,14)6-4-5-10-9(2,7-11)8-12/h10-12H,3-8H2,1-2H3. The summed E-state index contributed by atoms with van der Waals surface area (Å²) in [4.78, 5) is 0. The summed E-state index contributed by atoms with van der Waals surface area (Å²) in [7, 11) is -2.92. The second-order valence-corrected chi connectivity index (χ2v) is 6.37. The van der Waals surface area contributed by atoms with Crippen LogP contribution in [0.25, 0.3) is 0 Å². The van der Waals surface area contributed by atoms with Crippen molar-refractivity contribution in [3.05, 3.63) is 0 Å². The van der Waals surface area contributed by atoms with E-state index < -0.39 is 15.4 Å². The molecular weight excluding hydrogens is 218 g/mol. The molecule has 0 spiro atoms. The summed E-state index contributed by atoms with van der Waals surface area (Å²) in [6, 6.07) is 0. The van der Waals surface area contributed by atoms with Crippen LogP contribution in [-0.2, 0) is 9.84 Å². The lowest BCUT2D eigenvalue weighted by molar-refractivity contribution is 0.105. The van der Waals surface area contributed by atoms with Gasteiger partial charge < -0.3 is 15.5 Å². The van der Waals surface area contributed by atoms with Gasteiger partial charge in [-0.15, -0.1) is 0 Å². The van der Waals surface area contributed by atoms with E-state index >= 15 is 0 Å². The molecule has 0 aromatic rings. The van der Waals surface area contributed by atoms with Crippen molar-refractivity contribution in [1.29, 1.82) is 0 Å². The lowest BCUT2D eigenvalue weighted by Gasteiger charge is -2.26. The summed E-state index contributed by atoms with van der Waals surface area (Å²) in [6.45, 7) is 3.42. The first kappa shape index (κ1) is 14.8. The van der Waals surface area contributed by atoms with Gasteiger partial charge in [0.25, 0.3) is 0 Å². The minimum absolute atomic E-state index is 0.142. The molecule has 0 unspecified atom stereocenters. The van der Waals surface area contributed by atoms with Gasteiger partial charge in [-0.1, -0.05) is 6.92 Å². The molecule has 0 radical (unpaired) electrons. The Hall–Kier alpha value is -0.170. The van der Waals surface area contributed by atoms with Gasteiger partial charge in [0.15, 0.2) is 0 Å². The first-order valence-corrected chi connectivity index (χ1v) is 6.88. The Morgan fingerprint density at radius 3 is 2.20 bits per heavy atom. The second kappa shape index (κ2) is 6.42. The summed E-state index contributed by atoms with van der Waals surface area (Å²) >= 11 is 0. The van der Waals surface area contributed by atoms with Gasteiger partial charge >= 0.3 is 0 Å². The molecule has 6 heteroatoms. The number of sulfone groups is 1. The third kappa shape index (κ3) is 6.09. The average molecular weight is 239 g/mol. The first-order valence-electron chi connectivity index (χ1n) is 5.06. The number of nitrogens with one attached hydrogen (secondary N) is 1. The molecule has 5 nitrogen and oxygen atoms in total. The van der Waals surface area contributed by atoms with Crippen LogP contribution in [0.3, 0.4) is 0 Å². The lowest BCUT2D eigenvalue weighted by atomic mass is 10.1. The molecule has 0 fully saturated rings. The maximum Gasteiger partial charge on any atom is 0.150 e. The Balaban J connectivity index is 3.81. The van der Waals surface area contributed by atoms with Crippen molar-refractivity contribution in [2.75, 3.05) is 31.3 Å². The summed E-state index contributed by atoms with van der Waals surface area (Å²) < 4.78 is 22.3. The Kier molecular flexibility index (Phi) is 6.35. The predicted molar refractivity (Wildman–Crippen MR) is 59.5 cm³/mol. The van der Waals surface area contributed by atoms with Gasteiger partial charge in [-0.25, -0.2) is 8.42 Å². The molecule has 0 atom stereocenters. The molecule has 0 bridgehead atoms. The third-order valence-electron chi connectivity index (χ3n) is 2.32. The number of rotatable bonds is 8. The molecule has 0 aliphatic rings. The van der Waals surface area contributed by atoms with Crippen LogP contribution in [0.1, 0.15) is 20.3 Å². The smallest absolute Gasteiger partial charge is 0.150 e. The van der Waals surface area contributed by atoms with Crippen molar-refractivity contribution in [3.63, 3.8) is 0 Å². The van der Waals surface area contributed by atoms with Crippen LogP contribution >= 0.6 is 0 Å². The molecule has 3 N–H and O–H groups in total. The normalized spacial score (nSPS) is 13.1. The van der Waals surface area contributed by atoms with Crippen LogP contribution in [0.5, 0.6) is 0 Å². The van der Waals surface area contributed by atoms with Gasteiger partial charge in [-0.3, -0.25) is 0 Å². The Bertz CT molecular complexity index is 259. The Labute approximate surface area is 91.4 Å². The summed E-state index contributed by atoms with van der Waals surface area (Å²) in [5.41, 5.74) is -0.726. The van der Waals surface area contributed by atoms with Crippen molar-refractivity contribution in [1.82, 2.24) is 5.32 Å². The fourth-order valence-corrected chi connectivity index (χ4v) is 1.86. The number of aliphatic hydroxyl groups is 2. The van der Waals surface area contributed by atoms with Gasteiger partial charge in [0.1, 0.15) is 9.84 Å². The van der Waals surface area contributed by atoms with Gasteiger partial charge in [0.2, 0.25) is 0 Å². The van der Waals surface area contributed by atoms with E-state index in [9.17, 15) is 8.42 Å². The molecule has 0 heterocycles. The second-order valence-electron chi connectivity index (χ2n) is 3.89. The molecule has 0 amide bonds. The molecule has 15 heavy (non-hydrogen) atoms. The SMILES string of the molecule is CCS(=O)(=O)CCCNC(C)(CO)CO. The van der Waals surface area contributed by atoms with E-state index in [-0.39, 0.29) is 24.7 Å². The molecule has 0 saturated heterocycles. The molecule has 0 aliphatic carbocycles. The minimum atomic E-state index is -2.92. The van der Waals surface area contributed by atoms with Crippen molar-refractivity contribution in [2.24, 2.45) is 0 Å². The summed E-state index contributed by atoms with van der Waals surface area (Å²) in [5.74, 6) is 0.299. The fourth-order valence-electron chi connectivity index (χ4n) is 0.988. The fraction of sp³-hybridized carbons (Fsp3) is 1.00. The first-order chi connectivity index (χ1) is 6.89. The number of hydrogen-bond acceptors (Lipinski definition) is 5. The van der Waals surface area contributed by atoms with Crippen LogP contribution in [0.2, 0.25) is 0 Å². The Morgan fingerprint density at radius 1 is 1.27 bits per heavy atom. The maximum atomic E-state index is 11.1. The average Bonchev–Trinajstić information content (AvgIpc) is 2.24. The highest BCUT2D eigenvalue weighted by atomic mass is 32.2. The number of aliphatic hydroxyl groups excluding tert-OH is 2. The Morgan fingerprint density at radius 2 is 1.80 bits per heavy atom. The quantitative estimate of drug-likeness (QED) is 0.480. The molecule has 0 aromatic heterocycles. The molecular formula is C9H21NO4S. The van der Waals surface area contributed by atoms with Gasteiger partial charge in [0.05, 0.1) is 24.5 Å². The van der Waals surface area contributed by atoms with Crippen molar-refractivity contribution >= 4 is 9.84 Å². The van der Waals surface area contributed by atoms with E-state index in [0.29, 0.717) is 13.0 Å². The van der Waals surface area contributed by atoms with E-state index in [1.807, 2.05) is 0 Å². The molecule has 0 saturated carbocycles. The predicted octanol–water partition coefficient (Wildman–Crippen LogP) is -0.856. The highest BCUT2D eigenvalue weighted by molar-refractivity contribution is 7.91. The van der Waals surface area contributed by atoms with Crippen LogP contribution in [-0.4, -0.2) is 55.4 Å². The van der Waals surface area contributed by atoms with E-state index in [4.69, 9.17) is 10.2 Å². The molecule has 0 aromatic carbocycles. The van der Waals surface area contributed by atoms with Gasteiger partial charge in [0, 0.05) is 5.75 Å².